The number of carbonyl (C=O) groups is 1. The topological polar surface area (TPSA) is 60.2 Å². The van der Waals surface area contributed by atoms with Gasteiger partial charge in [-0.3, -0.25) is 14.6 Å². The van der Waals surface area contributed by atoms with E-state index >= 15 is 0 Å². The normalized spacial score (nSPS) is 18.1. The van der Waals surface area contributed by atoms with Gasteiger partial charge < -0.3 is 14.4 Å². The third-order valence-corrected chi connectivity index (χ3v) is 5.31. The van der Waals surface area contributed by atoms with Crippen LogP contribution in [0.5, 0.6) is 0 Å². The van der Waals surface area contributed by atoms with E-state index in [1.807, 2.05) is 23.1 Å². The minimum atomic E-state index is -0.598. The molecule has 1 aromatic carbocycles. The Kier molecular flexibility index (Phi) is 8.34. The van der Waals surface area contributed by atoms with Gasteiger partial charge in [0.15, 0.2) is 0 Å². The molecule has 1 N–H and O–H groups in total. The standard InChI is InChI=1S/C20H25N3O3.2ClH/c24-18(19-6-3-13-26-19)14-21-9-11-22(12-10-21)15-20(25)23-8-7-16-4-1-2-5-17(16)23;;/h1-6,13,18,24H,7-12,14-15H2;2*1H. The Morgan fingerprint density at radius 1 is 1.00 bits per heavy atom. The number of anilines is 1. The summed E-state index contributed by atoms with van der Waals surface area (Å²) in [5, 5.41) is 10.2. The third kappa shape index (κ3) is 5.07. The lowest BCUT2D eigenvalue weighted by atomic mass is 10.2. The zero-order valence-corrected chi connectivity index (χ0v) is 17.3. The number of hydrogen-bond acceptors (Lipinski definition) is 5. The van der Waals surface area contributed by atoms with Crippen LogP contribution in [0, 0.1) is 0 Å². The van der Waals surface area contributed by atoms with Gasteiger partial charge in [0, 0.05) is 45.0 Å². The molecule has 0 aliphatic carbocycles. The Morgan fingerprint density at radius 3 is 2.43 bits per heavy atom. The van der Waals surface area contributed by atoms with Gasteiger partial charge >= 0.3 is 0 Å². The van der Waals surface area contributed by atoms with Gasteiger partial charge in [-0.25, -0.2) is 0 Å². The number of aliphatic hydroxyl groups excluding tert-OH is 1. The van der Waals surface area contributed by atoms with Crippen molar-refractivity contribution in [1.82, 2.24) is 9.80 Å². The van der Waals surface area contributed by atoms with Gasteiger partial charge in [0.25, 0.3) is 0 Å². The van der Waals surface area contributed by atoms with Crippen molar-refractivity contribution in [2.75, 3.05) is 50.7 Å². The van der Waals surface area contributed by atoms with Crippen LogP contribution in [0.1, 0.15) is 17.4 Å². The molecule has 0 bridgehead atoms. The molecule has 2 aromatic rings. The summed E-state index contributed by atoms with van der Waals surface area (Å²) in [6.07, 6.45) is 1.93. The Hall–Kier alpha value is -1.57. The van der Waals surface area contributed by atoms with Gasteiger partial charge in [0.05, 0.1) is 12.8 Å². The summed E-state index contributed by atoms with van der Waals surface area (Å²) in [7, 11) is 0. The van der Waals surface area contributed by atoms with Crippen LogP contribution in [0.2, 0.25) is 0 Å². The smallest absolute Gasteiger partial charge is 0.241 e. The number of piperazine rings is 1. The molecule has 4 rings (SSSR count). The van der Waals surface area contributed by atoms with E-state index in [2.05, 4.69) is 15.9 Å². The van der Waals surface area contributed by atoms with E-state index in [-0.39, 0.29) is 30.7 Å². The molecule has 0 saturated carbocycles. The average molecular weight is 428 g/mol. The molecule has 0 spiro atoms. The van der Waals surface area contributed by atoms with Crippen LogP contribution in [0.25, 0.3) is 0 Å². The van der Waals surface area contributed by atoms with Gasteiger partial charge in [-0.15, -0.1) is 24.8 Å². The van der Waals surface area contributed by atoms with Gasteiger partial charge in [-0.2, -0.15) is 0 Å². The number of amides is 1. The molecule has 154 valence electrons. The number of para-hydroxylation sites is 1. The fourth-order valence-corrected chi connectivity index (χ4v) is 3.82. The van der Waals surface area contributed by atoms with Gasteiger partial charge in [0.2, 0.25) is 5.91 Å². The van der Waals surface area contributed by atoms with Crippen molar-refractivity contribution >= 4 is 36.4 Å². The number of furan rings is 1. The van der Waals surface area contributed by atoms with Crippen molar-refractivity contribution in [3.8, 4) is 0 Å². The Balaban J connectivity index is 0.00000140. The third-order valence-electron chi connectivity index (χ3n) is 5.31. The van der Waals surface area contributed by atoms with E-state index < -0.39 is 6.10 Å². The molecule has 2 aliphatic heterocycles. The number of rotatable bonds is 5. The molecule has 3 heterocycles. The maximum Gasteiger partial charge on any atom is 0.241 e. The number of hydrogen-bond donors (Lipinski definition) is 1. The lowest BCUT2D eigenvalue weighted by Gasteiger charge is -2.35. The SMILES string of the molecule is Cl.Cl.O=C(CN1CCN(CC(O)c2ccco2)CC1)N1CCc2ccccc21. The van der Waals surface area contributed by atoms with Crippen LogP contribution in [-0.2, 0) is 11.2 Å². The van der Waals surface area contributed by atoms with Crippen molar-refractivity contribution in [3.63, 3.8) is 0 Å². The second-order valence-electron chi connectivity index (χ2n) is 7.03. The molecular weight excluding hydrogens is 401 g/mol. The number of halogens is 2. The number of β-amino-alcohol motifs (C(OH)–C–C–N with tert-alkyl or cyclic N) is 1. The first kappa shape index (κ1) is 22.7. The zero-order valence-electron chi connectivity index (χ0n) is 15.7. The van der Waals surface area contributed by atoms with Crippen LogP contribution < -0.4 is 4.90 Å². The highest BCUT2D eigenvalue weighted by molar-refractivity contribution is 5.96. The number of benzene rings is 1. The fourth-order valence-electron chi connectivity index (χ4n) is 3.82. The molecule has 1 fully saturated rings. The molecule has 0 radical (unpaired) electrons. The molecule has 1 unspecified atom stereocenters. The van der Waals surface area contributed by atoms with Crippen LogP contribution in [-0.4, -0.2) is 66.6 Å². The van der Waals surface area contributed by atoms with E-state index in [9.17, 15) is 9.90 Å². The van der Waals surface area contributed by atoms with Crippen molar-refractivity contribution in [2.24, 2.45) is 0 Å². The van der Waals surface area contributed by atoms with E-state index in [0.29, 0.717) is 18.8 Å². The molecule has 28 heavy (non-hydrogen) atoms. The molecule has 6 nitrogen and oxygen atoms in total. The zero-order chi connectivity index (χ0) is 17.9. The van der Waals surface area contributed by atoms with Crippen LogP contribution >= 0.6 is 24.8 Å². The number of nitrogens with zero attached hydrogens (tertiary/aromatic N) is 3. The quantitative estimate of drug-likeness (QED) is 0.793. The lowest BCUT2D eigenvalue weighted by molar-refractivity contribution is -0.120. The van der Waals surface area contributed by atoms with E-state index in [4.69, 9.17) is 4.42 Å². The fraction of sp³-hybridized carbons (Fsp3) is 0.450. The summed E-state index contributed by atoms with van der Waals surface area (Å²) in [5.74, 6) is 0.786. The molecule has 1 aromatic heterocycles. The van der Waals surface area contributed by atoms with Gasteiger partial charge in [-0.05, 0) is 30.2 Å². The maximum atomic E-state index is 12.7. The molecular formula is C20H27Cl2N3O3. The van der Waals surface area contributed by atoms with Crippen molar-refractivity contribution in [3.05, 3.63) is 54.0 Å². The number of aliphatic hydroxyl groups is 1. The van der Waals surface area contributed by atoms with Crippen molar-refractivity contribution in [1.29, 1.82) is 0 Å². The summed E-state index contributed by atoms with van der Waals surface area (Å²) in [6.45, 7) is 5.19. The molecule has 1 atom stereocenters. The highest BCUT2D eigenvalue weighted by atomic mass is 35.5. The van der Waals surface area contributed by atoms with E-state index in [0.717, 1.165) is 44.8 Å². The summed E-state index contributed by atoms with van der Waals surface area (Å²) < 4.78 is 5.26. The molecule has 8 heteroatoms. The second-order valence-corrected chi connectivity index (χ2v) is 7.03. The second kappa shape index (κ2) is 10.3. The van der Waals surface area contributed by atoms with Gasteiger partial charge in [0.1, 0.15) is 11.9 Å². The minimum Gasteiger partial charge on any atom is -0.467 e. The van der Waals surface area contributed by atoms with Crippen LogP contribution in [0.3, 0.4) is 0 Å². The average Bonchev–Trinajstić information content (AvgIpc) is 3.33. The predicted octanol–water partition coefficient (Wildman–Crippen LogP) is 2.36. The first-order valence-electron chi connectivity index (χ1n) is 9.25. The Labute approximate surface area is 177 Å². The largest absolute Gasteiger partial charge is 0.467 e. The highest BCUT2D eigenvalue weighted by Gasteiger charge is 2.27. The summed E-state index contributed by atoms with van der Waals surface area (Å²) in [5.41, 5.74) is 2.33. The van der Waals surface area contributed by atoms with E-state index in [1.54, 1.807) is 18.4 Å². The summed E-state index contributed by atoms with van der Waals surface area (Å²) in [6, 6.07) is 11.8. The summed E-state index contributed by atoms with van der Waals surface area (Å²) >= 11 is 0. The first-order chi connectivity index (χ1) is 12.7. The summed E-state index contributed by atoms with van der Waals surface area (Å²) in [4.78, 5) is 19.1. The van der Waals surface area contributed by atoms with Crippen LogP contribution in [0.15, 0.2) is 47.1 Å². The predicted molar refractivity (Wildman–Crippen MR) is 114 cm³/mol. The Morgan fingerprint density at radius 2 is 1.71 bits per heavy atom. The highest BCUT2D eigenvalue weighted by Crippen LogP contribution is 2.27. The van der Waals surface area contributed by atoms with Crippen molar-refractivity contribution in [2.45, 2.75) is 12.5 Å². The van der Waals surface area contributed by atoms with E-state index in [1.165, 1.54) is 5.56 Å². The minimum absolute atomic E-state index is 0. The molecule has 1 saturated heterocycles. The van der Waals surface area contributed by atoms with Gasteiger partial charge in [-0.1, -0.05) is 18.2 Å². The molecule has 1 amide bonds. The van der Waals surface area contributed by atoms with Crippen LogP contribution in [0.4, 0.5) is 5.69 Å². The lowest BCUT2D eigenvalue weighted by Crippen LogP contribution is -2.50. The maximum absolute atomic E-state index is 12.7. The number of fused-ring (bicyclic) bond motifs is 1. The number of carbonyl (C=O) groups excluding carboxylic acids is 1. The monoisotopic (exact) mass is 427 g/mol. The first-order valence-corrected chi connectivity index (χ1v) is 9.25. The van der Waals surface area contributed by atoms with Crippen molar-refractivity contribution < 1.29 is 14.3 Å². The molecule has 2 aliphatic rings. The Bertz CT molecular complexity index is 749.